The normalized spacial score (nSPS) is 8.25. The van der Waals surface area contributed by atoms with Gasteiger partial charge in [0.1, 0.15) is 0 Å². The van der Waals surface area contributed by atoms with E-state index in [0.717, 1.165) is 4.21 Å². The van der Waals surface area contributed by atoms with Gasteiger partial charge < -0.3 is 0 Å². The van der Waals surface area contributed by atoms with Crippen LogP contribution in [0.25, 0.3) is 0 Å². The van der Waals surface area contributed by atoms with Crippen molar-refractivity contribution in [2.45, 2.75) is 18.6 Å². The molecular weight excluding hydrogens is 136 g/mol. The van der Waals surface area contributed by atoms with Crippen molar-refractivity contribution in [3.05, 3.63) is 17.0 Å². The summed E-state index contributed by atoms with van der Waals surface area (Å²) < 4.78 is 1.12. The Balaban J connectivity index is 0.000000490. The fourth-order valence-corrected chi connectivity index (χ4v) is 1.28. The molecule has 1 heterocycles. The second kappa shape index (κ2) is 3.15. The van der Waals surface area contributed by atoms with E-state index in [1.807, 2.05) is 5.38 Å². The Morgan fingerprint density at radius 1 is 1.62 bits per heavy atom. The van der Waals surface area contributed by atoms with Gasteiger partial charge in [0.05, 0.1) is 4.21 Å². The Morgan fingerprint density at radius 3 is 2.38 bits per heavy atom. The molecule has 0 spiro atoms. The van der Waals surface area contributed by atoms with Crippen LogP contribution in [-0.2, 0) is 0 Å². The smallest absolute Gasteiger partial charge is 0.0597 e. The first-order chi connectivity index (χ1) is 3.30. The summed E-state index contributed by atoms with van der Waals surface area (Å²) in [6, 6.07) is 2.06. The van der Waals surface area contributed by atoms with Crippen LogP contribution < -0.4 is 0 Å². The lowest BCUT2D eigenvalue weighted by Gasteiger charge is -1.78. The molecule has 1 aromatic rings. The lowest BCUT2D eigenvalue weighted by molar-refractivity contribution is 1.44. The molecule has 0 atom stereocenters. The Kier molecular flexibility index (Phi) is 3.17. The maximum absolute atomic E-state index is 4.17. The number of hydrogen-bond donors (Lipinski definition) is 1. The fraction of sp³-hybridized carbons (Fsp3) is 0.333. The van der Waals surface area contributed by atoms with Gasteiger partial charge in [-0.3, -0.25) is 0 Å². The van der Waals surface area contributed by atoms with Gasteiger partial charge in [-0.15, -0.1) is 24.0 Å². The highest BCUT2D eigenvalue weighted by Gasteiger charge is 1.88. The number of thiol groups is 1. The average Bonchev–Trinajstić information content (AvgIpc) is 1.91. The second-order valence-corrected chi connectivity index (χ2v) is 3.07. The third-order valence-corrected chi connectivity index (χ3v) is 2.32. The van der Waals surface area contributed by atoms with Gasteiger partial charge in [0.15, 0.2) is 0 Å². The average molecular weight is 146 g/mol. The summed E-state index contributed by atoms with van der Waals surface area (Å²) in [7, 11) is 0. The number of thiophene rings is 1. The van der Waals surface area contributed by atoms with Gasteiger partial charge in [0.25, 0.3) is 0 Å². The molecule has 0 aliphatic heterocycles. The third-order valence-electron chi connectivity index (χ3n) is 0.835. The van der Waals surface area contributed by atoms with Crippen LogP contribution in [0.5, 0.6) is 0 Å². The van der Waals surface area contributed by atoms with Gasteiger partial charge in [-0.05, 0) is 23.9 Å². The quantitative estimate of drug-likeness (QED) is 0.534. The van der Waals surface area contributed by atoms with Crippen LogP contribution in [0.15, 0.2) is 15.7 Å². The molecule has 2 heteroatoms. The first-order valence-electron chi connectivity index (χ1n) is 2.04. The topological polar surface area (TPSA) is 0 Å². The molecular formula is C6H10S2. The van der Waals surface area contributed by atoms with Crippen LogP contribution >= 0.6 is 24.0 Å². The van der Waals surface area contributed by atoms with Crippen molar-refractivity contribution >= 4 is 24.0 Å². The van der Waals surface area contributed by atoms with E-state index in [4.69, 9.17) is 0 Å². The predicted octanol–water partition coefficient (Wildman–Crippen LogP) is 2.98. The van der Waals surface area contributed by atoms with E-state index in [1.165, 1.54) is 5.56 Å². The van der Waals surface area contributed by atoms with Gasteiger partial charge in [-0.2, -0.15) is 0 Å². The Hall–Kier alpha value is 0.0500. The summed E-state index contributed by atoms with van der Waals surface area (Å²) in [5, 5.41) is 2.04. The van der Waals surface area contributed by atoms with E-state index in [0.29, 0.717) is 0 Å². The van der Waals surface area contributed by atoms with Gasteiger partial charge in [-0.25, -0.2) is 0 Å². The summed E-state index contributed by atoms with van der Waals surface area (Å²) >= 11 is 5.84. The molecule has 0 aliphatic carbocycles. The highest BCUT2D eigenvalue weighted by atomic mass is 32.2. The van der Waals surface area contributed by atoms with Crippen LogP contribution in [0.1, 0.15) is 13.0 Å². The Labute approximate surface area is 60.0 Å². The summed E-state index contributed by atoms with van der Waals surface area (Å²) in [4.78, 5) is 0. The SMILES string of the molecule is C.Cc1ccsc1S. The monoisotopic (exact) mass is 146 g/mol. The van der Waals surface area contributed by atoms with Crippen molar-refractivity contribution in [2.75, 3.05) is 0 Å². The molecule has 0 N–H and O–H groups in total. The fourth-order valence-electron chi connectivity index (χ4n) is 0.365. The highest BCUT2D eigenvalue weighted by Crippen LogP contribution is 2.18. The number of aryl methyl sites for hydroxylation is 1. The predicted molar refractivity (Wildman–Crippen MR) is 43.0 cm³/mol. The summed E-state index contributed by atoms with van der Waals surface area (Å²) in [5.41, 5.74) is 1.27. The number of rotatable bonds is 0. The number of hydrogen-bond acceptors (Lipinski definition) is 2. The molecule has 0 nitrogen and oxygen atoms in total. The minimum Gasteiger partial charge on any atom is -0.137 e. The largest absolute Gasteiger partial charge is 0.137 e. The first-order valence-corrected chi connectivity index (χ1v) is 3.36. The summed E-state index contributed by atoms with van der Waals surface area (Å²) in [6.07, 6.45) is 0. The van der Waals surface area contributed by atoms with Crippen LogP contribution in [-0.4, -0.2) is 0 Å². The van der Waals surface area contributed by atoms with E-state index >= 15 is 0 Å². The van der Waals surface area contributed by atoms with E-state index in [-0.39, 0.29) is 7.43 Å². The summed E-state index contributed by atoms with van der Waals surface area (Å²) in [6.45, 7) is 2.05. The van der Waals surface area contributed by atoms with E-state index in [1.54, 1.807) is 11.3 Å². The maximum atomic E-state index is 4.17. The molecule has 0 amide bonds. The van der Waals surface area contributed by atoms with Crippen molar-refractivity contribution in [2.24, 2.45) is 0 Å². The van der Waals surface area contributed by atoms with Gasteiger partial charge in [-0.1, -0.05) is 7.43 Å². The third kappa shape index (κ3) is 1.53. The zero-order valence-electron chi connectivity index (χ0n) is 4.01. The lowest BCUT2D eigenvalue weighted by Crippen LogP contribution is -1.56. The molecule has 8 heavy (non-hydrogen) atoms. The standard InChI is InChI=1S/C5H6S2.CH4/c1-4-2-3-7-5(4)6;/h2-3,6H,1H3;1H4. The molecule has 1 aromatic heterocycles. The Morgan fingerprint density at radius 2 is 2.25 bits per heavy atom. The molecule has 0 fully saturated rings. The molecule has 0 saturated carbocycles. The zero-order valence-corrected chi connectivity index (χ0v) is 5.72. The molecule has 0 saturated heterocycles. The van der Waals surface area contributed by atoms with Crippen LogP contribution in [0.3, 0.4) is 0 Å². The molecule has 0 unspecified atom stereocenters. The van der Waals surface area contributed by atoms with Gasteiger partial charge in [0, 0.05) is 0 Å². The minimum atomic E-state index is 0. The summed E-state index contributed by atoms with van der Waals surface area (Å²) in [5.74, 6) is 0. The second-order valence-electron chi connectivity index (χ2n) is 1.41. The van der Waals surface area contributed by atoms with Crippen LogP contribution in [0.2, 0.25) is 0 Å². The molecule has 0 aromatic carbocycles. The van der Waals surface area contributed by atoms with Crippen molar-refractivity contribution < 1.29 is 0 Å². The highest BCUT2D eigenvalue weighted by molar-refractivity contribution is 7.82. The van der Waals surface area contributed by atoms with Crippen molar-refractivity contribution in [1.29, 1.82) is 0 Å². The first kappa shape index (κ1) is 8.05. The van der Waals surface area contributed by atoms with Gasteiger partial charge in [0.2, 0.25) is 0 Å². The Bertz CT molecular complexity index is 139. The van der Waals surface area contributed by atoms with Crippen molar-refractivity contribution in [3.8, 4) is 0 Å². The van der Waals surface area contributed by atoms with E-state index < -0.39 is 0 Å². The van der Waals surface area contributed by atoms with Crippen molar-refractivity contribution in [3.63, 3.8) is 0 Å². The maximum Gasteiger partial charge on any atom is 0.0597 e. The van der Waals surface area contributed by atoms with Crippen LogP contribution in [0, 0.1) is 6.92 Å². The molecule has 0 bridgehead atoms. The van der Waals surface area contributed by atoms with E-state index in [9.17, 15) is 0 Å². The van der Waals surface area contributed by atoms with Crippen LogP contribution in [0.4, 0.5) is 0 Å². The van der Waals surface area contributed by atoms with E-state index in [2.05, 4.69) is 25.6 Å². The zero-order chi connectivity index (χ0) is 5.28. The lowest BCUT2D eigenvalue weighted by atomic mass is 10.4. The minimum absolute atomic E-state index is 0. The molecule has 46 valence electrons. The molecule has 0 aliphatic rings. The molecule has 0 radical (unpaired) electrons. The molecule has 1 rings (SSSR count). The van der Waals surface area contributed by atoms with Gasteiger partial charge >= 0.3 is 0 Å². The van der Waals surface area contributed by atoms with Crippen molar-refractivity contribution in [1.82, 2.24) is 0 Å².